The van der Waals surface area contributed by atoms with E-state index in [4.69, 9.17) is 15.6 Å². The minimum absolute atomic E-state index is 0.0358. The summed E-state index contributed by atoms with van der Waals surface area (Å²) in [6, 6.07) is 11.8. The lowest BCUT2D eigenvalue weighted by Gasteiger charge is -2.12. The number of carbonyl (C=O) groups excluding carboxylic acids is 1. The molecule has 0 aliphatic heterocycles. The molecule has 1 amide bonds. The molecule has 6 nitrogen and oxygen atoms in total. The molecule has 1 aliphatic rings. The number of aliphatic hydroxyl groups is 1. The number of benzene rings is 1. The van der Waals surface area contributed by atoms with Crippen LogP contribution in [0.1, 0.15) is 18.5 Å². The third-order valence-electron chi connectivity index (χ3n) is 5.15. The van der Waals surface area contributed by atoms with Crippen molar-refractivity contribution in [2.75, 3.05) is 13.2 Å². The first-order chi connectivity index (χ1) is 12.6. The molecule has 0 radical (unpaired) electrons. The zero-order chi connectivity index (χ0) is 18.3. The Balaban J connectivity index is 1.81. The van der Waals surface area contributed by atoms with Gasteiger partial charge in [-0.25, -0.2) is 0 Å². The van der Waals surface area contributed by atoms with Gasteiger partial charge in [-0.3, -0.25) is 9.78 Å². The fourth-order valence-corrected chi connectivity index (χ4v) is 3.47. The van der Waals surface area contributed by atoms with Gasteiger partial charge in [-0.05, 0) is 37.1 Å². The molecule has 0 unspecified atom stereocenters. The summed E-state index contributed by atoms with van der Waals surface area (Å²) in [6.45, 7) is 0.208. The Hall–Kier alpha value is -2.86. The summed E-state index contributed by atoms with van der Waals surface area (Å²) in [6.07, 6.45) is 3.32. The Morgan fingerprint density at radius 1 is 1.35 bits per heavy atom. The van der Waals surface area contributed by atoms with Gasteiger partial charge in [0.05, 0.1) is 35.1 Å². The van der Waals surface area contributed by atoms with Gasteiger partial charge in [-0.1, -0.05) is 12.1 Å². The number of carbonyl (C=O) groups is 1. The van der Waals surface area contributed by atoms with Crippen molar-refractivity contribution in [2.45, 2.75) is 18.3 Å². The highest BCUT2D eigenvalue weighted by Crippen LogP contribution is 2.47. The van der Waals surface area contributed by atoms with Crippen molar-refractivity contribution in [1.82, 2.24) is 9.55 Å². The second-order valence-corrected chi connectivity index (χ2v) is 6.73. The Bertz CT molecular complexity index is 989. The highest BCUT2D eigenvalue weighted by Gasteiger charge is 2.51. The van der Waals surface area contributed by atoms with Crippen LogP contribution in [0.15, 0.2) is 42.6 Å². The summed E-state index contributed by atoms with van der Waals surface area (Å²) in [5.74, 6) is 0.416. The quantitative estimate of drug-likeness (QED) is 0.712. The first kappa shape index (κ1) is 16.6. The number of hydrogen-bond donors (Lipinski definition) is 2. The fourth-order valence-electron chi connectivity index (χ4n) is 3.47. The number of nitrogens with zero attached hydrogens (tertiary/aromatic N) is 2. The summed E-state index contributed by atoms with van der Waals surface area (Å²) in [5.41, 5.74) is 8.64. The van der Waals surface area contributed by atoms with Crippen molar-refractivity contribution in [3.63, 3.8) is 0 Å². The molecule has 0 saturated heterocycles. The molecule has 3 N–H and O–H groups in total. The maximum absolute atomic E-state index is 11.8. The van der Waals surface area contributed by atoms with Crippen molar-refractivity contribution in [3.05, 3.63) is 48.3 Å². The van der Waals surface area contributed by atoms with Crippen LogP contribution in [-0.2, 0) is 17.3 Å². The average molecular weight is 351 g/mol. The normalized spacial score (nSPS) is 15.2. The number of amides is 1. The minimum atomic E-state index is -0.591. The molecule has 134 valence electrons. The van der Waals surface area contributed by atoms with Crippen LogP contribution < -0.4 is 10.5 Å². The lowest BCUT2D eigenvalue weighted by Crippen LogP contribution is -2.29. The van der Waals surface area contributed by atoms with E-state index in [-0.39, 0.29) is 19.1 Å². The molecule has 1 aromatic carbocycles. The van der Waals surface area contributed by atoms with Gasteiger partial charge in [-0.2, -0.15) is 0 Å². The van der Waals surface area contributed by atoms with Gasteiger partial charge >= 0.3 is 0 Å². The van der Waals surface area contributed by atoms with E-state index in [9.17, 15) is 4.79 Å². The average Bonchev–Trinajstić information content (AvgIpc) is 3.40. The number of primary amides is 1. The van der Waals surface area contributed by atoms with Crippen LogP contribution in [0.25, 0.3) is 22.2 Å². The number of rotatable bonds is 6. The maximum Gasteiger partial charge on any atom is 0.229 e. The van der Waals surface area contributed by atoms with E-state index >= 15 is 0 Å². The summed E-state index contributed by atoms with van der Waals surface area (Å²) in [4.78, 5) is 16.3. The number of hydrogen-bond acceptors (Lipinski definition) is 4. The third-order valence-corrected chi connectivity index (χ3v) is 5.15. The van der Waals surface area contributed by atoms with E-state index < -0.39 is 5.41 Å². The predicted octanol–water partition coefficient (Wildman–Crippen LogP) is 2.13. The number of aliphatic hydroxyl groups excluding tert-OH is 1. The second-order valence-electron chi connectivity index (χ2n) is 6.73. The van der Waals surface area contributed by atoms with Crippen LogP contribution in [0.3, 0.4) is 0 Å². The van der Waals surface area contributed by atoms with E-state index in [2.05, 4.69) is 15.6 Å². The first-order valence-corrected chi connectivity index (χ1v) is 8.66. The number of fused-ring (bicyclic) bond motifs is 1. The van der Waals surface area contributed by atoms with Gasteiger partial charge in [0.2, 0.25) is 5.91 Å². The second kappa shape index (κ2) is 6.14. The van der Waals surface area contributed by atoms with E-state index in [1.54, 1.807) is 6.20 Å². The van der Waals surface area contributed by atoms with Crippen LogP contribution in [0, 0.1) is 0 Å². The molecule has 6 heteroatoms. The third kappa shape index (κ3) is 2.54. The summed E-state index contributed by atoms with van der Waals surface area (Å²) in [5, 5.41) is 10.1. The topological polar surface area (TPSA) is 90.4 Å². The standard InChI is InChI=1S/C20H21N3O3/c1-23-15(14-4-2-3-5-17(14)26-9-8-24)10-13-11-18(22-12-16(13)23)20(6-7-20)19(21)25/h2-5,10-12,24H,6-9H2,1H3,(H2,21,25). The molecule has 0 spiro atoms. The summed E-state index contributed by atoms with van der Waals surface area (Å²) < 4.78 is 7.72. The first-order valence-electron chi connectivity index (χ1n) is 8.66. The molecule has 1 aliphatic carbocycles. The van der Waals surface area contributed by atoms with Crippen LogP contribution in [-0.4, -0.2) is 33.8 Å². The zero-order valence-corrected chi connectivity index (χ0v) is 14.6. The molecule has 2 aromatic heterocycles. The van der Waals surface area contributed by atoms with Gasteiger partial charge in [0.15, 0.2) is 0 Å². The Morgan fingerprint density at radius 3 is 2.81 bits per heavy atom. The zero-order valence-electron chi connectivity index (χ0n) is 14.6. The highest BCUT2D eigenvalue weighted by atomic mass is 16.5. The van der Waals surface area contributed by atoms with Crippen molar-refractivity contribution in [1.29, 1.82) is 0 Å². The summed E-state index contributed by atoms with van der Waals surface area (Å²) in [7, 11) is 1.98. The highest BCUT2D eigenvalue weighted by molar-refractivity contribution is 5.92. The van der Waals surface area contributed by atoms with Crippen molar-refractivity contribution in [2.24, 2.45) is 12.8 Å². The van der Waals surface area contributed by atoms with Crippen LogP contribution >= 0.6 is 0 Å². The summed E-state index contributed by atoms with van der Waals surface area (Å²) >= 11 is 0. The number of para-hydroxylation sites is 1. The van der Waals surface area contributed by atoms with Crippen LogP contribution in [0.2, 0.25) is 0 Å². The van der Waals surface area contributed by atoms with Gasteiger partial charge < -0.3 is 20.1 Å². The molecule has 0 bridgehead atoms. The SMILES string of the molecule is Cn1c(-c2ccccc2OCCO)cc2cc(C3(C(N)=O)CC3)ncc21. The number of aryl methyl sites for hydroxylation is 1. The van der Waals surface area contributed by atoms with E-state index in [1.807, 2.05) is 37.4 Å². The maximum atomic E-state index is 11.8. The fraction of sp³-hybridized carbons (Fsp3) is 0.300. The Kier molecular flexibility index (Phi) is 3.92. The van der Waals surface area contributed by atoms with E-state index in [1.165, 1.54) is 0 Å². The predicted molar refractivity (Wildman–Crippen MR) is 98.8 cm³/mol. The van der Waals surface area contributed by atoms with Crippen molar-refractivity contribution >= 4 is 16.8 Å². The number of pyridine rings is 1. The van der Waals surface area contributed by atoms with E-state index in [0.717, 1.165) is 46.4 Å². The number of ether oxygens (including phenoxy) is 1. The van der Waals surface area contributed by atoms with Gasteiger partial charge in [0.25, 0.3) is 0 Å². The molecule has 2 heterocycles. The molecule has 1 fully saturated rings. The number of nitrogens with two attached hydrogens (primary N) is 1. The molecular weight excluding hydrogens is 330 g/mol. The largest absolute Gasteiger partial charge is 0.490 e. The molecule has 0 atom stereocenters. The van der Waals surface area contributed by atoms with E-state index in [0.29, 0.717) is 0 Å². The lowest BCUT2D eigenvalue weighted by atomic mass is 10.00. The van der Waals surface area contributed by atoms with Crippen molar-refractivity contribution in [3.8, 4) is 17.0 Å². The lowest BCUT2D eigenvalue weighted by molar-refractivity contribution is -0.120. The molecule has 3 aromatic rings. The molecular formula is C20H21N3O3. The van der Waals surface area contributed by atoms with Crippen molar-refractivity contribution < 1.29 is 14.6 Å². The smallest absolute Gasteiger partial charge is 0.229 e. The minimum Gasteiger partial charge on any atom is -0.490 e. The van der Waals surface area contributed by atoms with Gasteiger partial charge in [-0.15, -0.1) is 0 Å². The number of aromatic nitrogens is 2. The molecule has 4 rings (SSSR count). The van der Waals surface area contributed by atoms with Gasteiger partial charge in [0, 0.05) is 18.0 Å². The Morgan fingerprint density at radius 2 is 2.12 bits per heavy atom. The van der Waals surface area contributed by atoms with Gasteiger partial charge in [0.1, 0.15) is 12.4 Å². The Labute approximate surface area is 151 Å². The monoisotopic (exact) mass is 351 g/mol. The molecule has 1 saturated carbocycles. The van der Waals surface area contributed by atoms with Crippen LogP contribution in [0.5, 0.6) is 5.75 Å². The molecule has 26 heavy (non-hydrogen) atoms. The van der Waals surface area contributed by atoms with Crippen LogP contribution in [0.4, 0.5) is 0 Å².